The van der Waals surface area contributed by atoms with E-state index in [1.54, 1.807) is 6.07 Å². The molecule has 0 fully saturated rings. The molecule has 3 N–H and O–H groups in total. The number of amides is 2. The minimum Gasteiger partial charge on any atom is -0.435 e. The van der Waals surface area contributed by atoms with Crippen LogP contribution in [-0.4, -0.2) is 30.4 Å². The Bertz CT molecular complexity index is 430. The lowest BCUT2D eigenvalue weighted by molar-refractivity contribution is -0.0497. The molecule has 0 radical (unpaired) electrons. The second kappa shape index (κ2) is 8.31. The predicted octanol–water partition coefficient (Wildman–Crippen LogP) is 2.57. The summed E-state index contributed by atoms with van der Waals surface area (Å²) in [5.74, 6) is -0.0221. The number of anilines is 1. The van der Waals surface area contributed by atoms with Crippen LogP contribution in [0.4, 0.5) is 19.3 Å². The highest BCUT2D eigenvalue weighted by Crippen LogP contribution is 2.19. The Kier molecular flexibility index (Phi) is 6.72. The van der Waals surface area contributed by atoms with Crippen molar-refractivity contribution in [1.82, 2.24) is 5.32 Å². The average molecular weight is 288 g/mol. The third kappa shape index (κ3) is 6.33. The van der Waals surface area contributed by atoms with Crippen molar-refractivity contribution < 1.29 is 23.4 Å². The number of urea groups is 1. The van der Waals surface area contributed by atoms with Gasteiger partial charge in [0.2, 0.25) is 0 Å². The molecule has 1 aromatic carbocycles. The van der Waals surface area contributed by atoms with Crippen molar-refractivity contribution in [3.63, 3.8) is 0 Å². The summed E-state index contributed by atoms with van der Waals surface area (Å²) in [6, 6.07) is 5.22. The van der Waals surface area contributed by atoms with Gasteiger partial charge in [0, 0.05) is 24.4 Å². The number of carbonyl (C=O) groups excluding carboxylic acids is 1. The molecular weight excluding hydrogens is 270 g/mol. The molecule has 0 aromatic heterocycles. The minimum atomic E-state index is -2.91. The fourth-order valence-electron chi connectivity index (χ4n) is 1.61. The molecule has 1 rings (SSSR count). The van der Waals surface area contributed by atoms with Crippen molar-refractivity contribution in [2.75, 3.05) is 11.9 Å². The maximum Gasteiger partial charge on any atom is 0.387 e. The van der Waals surface area contributed by atoms with Gasteiger partial charge in [-0.2, -0.15) is 8.78 Å². The molecule has 0 heterocycles. The number of benzene rings is 1. The number of hydrogen-bond donors (Lipinski definition) is 3. The van der Waals surface area contributed by atoms with E-state index < -0.39 is 12.6 Å². The van der Waals surface area contributed by atoms with Gasteiger partial charge in [-0.1, -0.05) is 6.07 Å². The van der Waals surface area contributed by atoms with E-state index in [1.165, 1.54) is 18.2 Å². The highest BCUT2D eigenvalue weighted by atomic mass is 19.3. The van der Waals surface area contributed by atoms with Crippen LogP contribution in [0.2, 0.25) is 0 Å². The average Bonchev–Trinajstić information content (AvgIpc) is 2.35. The van der Waals surface area contributed by atoms with Crippen LogP contribution in [0.5, 0.6) is 5.75 Å². The summed E-state index contributed by atoms with van der Waals surface area (Å²) in [6.45, 7) is -1.02. The minimum absolute atomic E-state index is 0.0221. The zero-order valence-electron chi connectivity index (χ0n) is 11.1. The molecule has 0 spiro atoms. The van der Waals surface area contributed by atoms with Crippen LogP contribution in [0, 0.1) is 0 Å². The summed E-state index contributed by atoms with van der Waals surface area (Å²) in [4.78, 5) is 11.6. The number of nitrogens with one attached hydrogen (secondary N) is 2. The van der Waals surface area contributed by atoms with Crippen molar-refractivity contribution in [3.05, 3.63) is 24.3 Å². The lowest BCUT2D eigenvalue weighted by Crippen LogP contribution is -2.36. The number of ether oxygens (including phenoxy) is 1. The lowest BCUT2D eigenvalue weighted by Gasteiger charge is -2.14. The van der Waals surface area contributed by atoms with E-state index in [9.17, 15) is 13.6 Å². The molecule has 0 bridgehead atoms. The molecule has 0 aliphatic rings. The summed E-state index contributed by atoms with van der Waals surface area (Å²) in [7, 11) is 0. The Morgan fingerprint density at radius 1 is 1.45 bits per heavy atom. The van der Waals surface area contributed by atoms with Gasteiger partial charge in [-0.15, -0.1) is 0 Å². The normalized spacial score (nSPS) is 12.1. The maximum atomic E-state index is 12.1. The van der Waals surface area contributed by atoms with E-state index in [0.717, 1.165) is 0 Å². The van der Waals surface area contributed by atoms with Gasteiger partial charge < -0.3 is 20.5 Å². The molecule has 20 heavy (non-hydrogen) atoms. The SMILES string of the molecule is CC(CCCO)NC(=O)Nc1cccc(OC(F)F)c1. The van der Waals surface area contributed by atoms with Crippen LogP contribution >= 0.6 is 0 Å². The Morgan fingerprint density at radius 3 is 2.85 bits per heavy atom. The Hall–Kier alpha value is -1.89. The Labute approximate surface area is 115 Å². The molecule has 0 aliphatic heterocycles. The van der Waals surface area contributed by atoms with Gasteiger partial charge in [0.15, 0.2) is 0 Å². The van der Waals surface area contributed by atoms with Gasteiger partial charge in [-0.25, -0.2) is 4.79 Å². The summed E-state index contributed by atoms with van der Waals surface area (Å²) in [5.41, 5.74) is 0.356. The van der Waals surface area contributed by atoms with Gasteiger partial charge in [0.1, 0.15) is 5.75 Å². The molecule has 0 aliphatic carbocycles. The van der Waals surface area contributed by atoms with Crippen LogP contribution in [0.3, 0.4) is 0 Å². The monoisotopic (exact) mass is 288 g/mol. The highest BCUT2D eigenvalue weighted by Gasteiger charge is 2.09. The lowest BCUT2D eigenvalue weighted by atomic mass is 10.2. The number of alkyl halides is 2. The van der Waals surface area contributed by atoms with E-state index in [4.69, 9.17) is 5.11 Å². The second-order valence-corrected chi connectivity index (χ2v) is 4.27. The third-order valence-electron chi connectivity index (χ3n) is 2.49. The van der Waals surface area contributed by atoms with E-state index in [-0.39, 0.29) is 18.4 Å². The number of carbonyl (C=O) groups is 1. The first kappa shape index (κ1) is 16.2. The maximum absolute atomic E-state index is 12.1. The van der Waals surface area contributed by atoms with Crippen LogP contribution in [0.25, 0.3) is 0 Å². The largest absolute Gasteiger partial charge is 0.435 e. The number of aliphatic hydroxyl groups excluding tert-OH is 1. The summed E-state index contributed by atoms with van der Waals surface area (Å²) in [5, 5.41) is 13.9. The third-order valence-corrected chi connectivity index (χ3v) is 2.49. The number of hydrogen-bond acceptors (Lipinski definition) is 3. The molecule has 7 heteroatoms. The number of halogens is 2. The van der Waals surface area contributed by atoms with Crippen LogP contribution in [-0.2, 0) is 0 Å². The molecule has 112 valence electrons. The highest BCUT2D eigenvalue weighted by molar-refractivity contribution is 5.89. The van der Waals surface area contributed by atoms with Crippen LogP contribution in [0.15, 0.2) is 24.3 Å². The smallest absolute Gasteiger partial charge is 0.387 e. The fraction of sp³-hybridized carbons (Fsp3) is 0.462. The van der Waals surface area contributed by atoms with Crippen LogP contribution in [0.1, 0.15) is 19.8 Å². The second-order valence-electron chi connectivity index (χ2n) is 4.27. The zero-order chi connectivity index (χ0) is 15.0. The molecule has 0 saturated heterocycles. The molecule has 5 nitrogen and oxygen atoms in total. The zero-order valence-corrected chi connectivity index (χ0v) is 11.1. The van der Waals surface area contributed by atoms with Gasteiger partial charge in [0.05, 0.1) is 0 Å². The van der Waals surface area contributed by atoms with Crippen LogP contribution < -0.4 is 15.4 Å². The summed E-state index contributed by atoms with van der Waals surface area (Å²) < 4.78 is 28.4. The molecule has 1 atom stereocenters. The number of aliphatic hydroxyl groups is 1. The molecule has 1 unspecified atom stereocenters. The number of rotatable bonds is 7. The van der Waals surface area contributed by atoms with Crippen molar-refractivity contribution in [2.24, 2.45) is 0 Å². The van der Waals surface area contributed by atoms with Gasteiger partial charge in [-0.3, -0.25) is 0 Å². The first-order chi connectivity index (χ1) is 9.51. The van der Waals surface area contributed by atoms with Crippen molar-refractivity contribution in [2.45, 2.75) is 32.4 Å². The van der Waals surface area contributed by atoms with Gasteiger partial charge in [0.25, 0.3) is 0 Å². The van der Waals surface area contributed by atoms with Crippen molar-refractivity contribution >= 4 is 11.7 Å². The predicted molar refractivity (Wildman–Crippen MR) is 71.0 cm³/mol. The molecule has 0 saturated carbocycles. The fourth-order valence-corrected chi connectivity index (χ4v) is 1.61. The van der Waals surface area contributed by atoms with Crippen molar-refractivity contribution in [1.29, 1.82) is 0 Å². The molecule has 1 aromatic rings. The van der Waals surface area contributed by atoms with E-state index in [0.29, 0.717) is 18.5 Å². The molecular formula is C13H18F2N2O3. The van der Waals surface area contributed by atoms with Gasteiger partial charge in [-0.05, 0) is 31.9 Å². The van der Waals surface area contributed by atoms with E-state index in [2.05, 4.69) is 15.4 Å². The first-order valence-corrected chi connectivity index (χ1v) is 6.24. The van der Waals surface area contributed by atoms with E-state index in [1.807, 2.05) is 6.92 Å². The van der Waals surface area contributed by atoms with Crippen molar-refractivity contribution in [3.8, 4) is 5.75 Å². The van der Waals surface area contributed by atoms with E-state index >= 15 is 0 Å². The first-order valence-electron chi connectivity index (χ1n) is 6.24. The Balaban J connectivity index is 2.49. The Morgan fingerprint density at radius 2 is 2.20 bits per heavy atom. The summed E-state index contributed by atoms with van der Waals surface area (Å²) in [6.07, 6.45) is 1.25. The summed E-state index contributed by atoms with van der Waals surface area (Å²) >= 11 is 0. The standard InChI is InChI=1S/C13H18F2N2O3/c1-9(4-3-7-18)16-13(19)17-10-5-2-6-11(8-10)20-12(14)15/h2,5-6,8-9,12,18H,3-4,7H2,1H3,(H2,16,17,19). The quantitative estimate of drug-likeness (QED) is 0.722. The topological polar surface area (TPSA) is 70.6 Å². The molecule has 2 amide bonds. The van der Waals surface area contributed by atoms with Gasteiger partial charge >= 0.3 is 12.6 Å².